The molecule has 2 aromatic rings. The van der Waals surface area contributed by atoms with Crippen molar-refractivity contribution in [3.63, 3.8) is 0 Å². The Bertz CT molecular complexity index is 812. The van der Waals surface area contributed by atoms with Crippen molar-refractivity contribution in [3.05, 3.63) is 64.7 Å². The Morgan fingerprint density at radius 2 is 1.70 bits per heavy atom. The quantitative estimate of drug-likeness (QED) is 0.446. The number of hydrogen-bond acceptors (Lipinski definition) is 5. The lowest BCUT2D eigenvalue weighted by molar-refractivity contribution is -0.131. The molecule has 2 aromatic carbocycles. The topological polar surface area (TPSA) is 45.1 Å². The normalized spacial score (nSPS) is 15.7. The van der Waals surface area contributed by atoms with Gasteiger partial charge < -0.3 is 4.74 Å². The second-order valence-electron chi connectivity index (χ2n) is 6.62. The number of rotatable bonds is 5. The van der Waals surface area contributed by atoms with Crippen LogP contribution in [0.15, 0.2) is 53.6 Å². The van der Waals surface area contributed by atoms with Gasteiger partial charge >= 0.3 is 5.97 Å². The maximum absolute atomic E-state index is 11.0. The van der Waals surface area contributed by atoms with Gasteiger partial charge in [0, 0.05) is 44.7 Å². The third-order valence-electron chi connectivity index (χ3n) is 4.53. The maximum atomic E-state index is 11.0. The van der Waals surface area contributed by atoms with E-state index in [2.05, 4.69) is 16.0 Å². The van der Waals surface area contributed by atoms with Crippen molar-refractivity contribution in [2.24, 2.45) is 5.10 Å². The minimum absolute atomic E-state index is 0.317. The monoisotopic (exact) mass is 385 g/mol. The second kappa shape index (κ2) is 9.02. The van der Waals surface area contributed by atoms with Gasteiger partial charge in [-0.15, -0.1) is 0 Å². The van der Waals surface area contributed by atoms with Gasteiger partial charge in [0.15, 0.2) is 0 Å². The first-order chi connectivity index (χ1) is 13.0. The molecular weight excluding hydrogens is 362 g/mol. The molecule has 0 atom stereocenters. The van der Waals surface area contributed by atoms with Crippen LogP contribution in [-0.2, 0) is 11.3 Å². The molecule has 0 saturated carbocycles. The third kappa shape index (κ3) is 5.55. The summed E-state index contributed by atoms with van der Waals surface area (Å²) in [6.45, 7) is 7.93. The largest absolute Gasteiger partial charge is 0.427 e. The van der Waals surface area contributed by atoms with E-state index in [1.165, 1.54) is 12.5 Å². The lowest BCUT2D eigenvalue weighted by atomic mass is 10.1. The first-order valence-electron chi connectivity index (χ1n) is 9.06. The van der Waals surface area contributed by atoms with E-state index >= 15 is 0 Å². The first kappa shape index (κ1) is 19.4. The van der Waals surface area contributed by atoms with Gasteiger partial charge in [0.25, 0.3) is 0 Å². The maximum Gasteiger partial charge on any atom is 0.308 e. The lowest BCUT2D eigenvalue weighted by Gasteiger charge is -2.33. The van der Waals surface area contributed by atoms with Gasteiger partial charge in [0.1, 0.15) is 5.75 Å². The molecule has 1 fully saturated rings. The number of benzene rings is 2. The van der Waals surface area contributed by atoms with Crippen LogP contribution in [0.25, 0.3) is 0 Å². The Morgan fingerprint density at radius 3 is 2.33 bits per heavy atom. The Kier molecular flexibility index (Phi) is 6.48. The zero-order valence-corrected chi connectivity index (χ0v) is 16.4. The molecule has 0 spiro atoms. The Labute approximate surface area is 165 Å². The molecule has 0 N–H and O–H groups in total. The minimum atomic E-state index is -0.317. The van der Waals surface area contributed by atoms with E-state index in [0.29, 0.717) is 5.75 Å². The fourth-order valence-electron chi connectivity index (χ4n) is 3.06. The Balaban J connectivity index is 1.54. The molecule has 0 unspecified atom stereocenters. The average molecular weight is 386 g/mol. The SMILES string of the molecule is CC(=O)Oc1ccc(C(C)=NN2CCN(Cc3ccccc3Cl)CC2)cc1. The van der Waals surface area contributed by atoms with Gasteiger partial charge in [-0.05, 0) is 48.4 Å². The van der Waals surface area contributed by atoms with Crippen LogP contribution in [0.2, 0.25) is 5.02 Å². The number of piperazine rings is 1. The number of esters is 1. The number of hydrogen-bond donors (Lipinski definition) is 0. The summed E-state index contributed by atoms with van der Waals surface area (Å²) in [4.78, 5) is 13.4. The zero-order chi connectivity index (χ0) is 19.2. The van der Waals surface area contributed by atoms with Crippen LogP contribution in [0, 0.1) is 0 Å². The summed E-state index contributed by atoms with van der Waals surface area (Å²) in [6.07, 6.45) is 0. The summed E-state index contributed by atoms with van der Waals surface area (Å²) in [5.74, 6) is 0.232. The van der Waals surface area contributed by atoms with Crippen molar-refractivity contribution >= 4 is 23.3 Å². The van der Waals surface area contributed by atoms with Crippen molar-refractivity contribution in [2.75, 3.05) is 26.2 Å². The van der Waals surface area contributed by atoms with E-state index < -0.39 is 0 Å². The minimum Gasteiger partial charge on any atom is -0.427 e. The fraction of sp³-hybridized carbons (Fsp3) is 0.333. The van der Waals surface area contributed by atoms with Crippen LogP contribution in [0.4, 0.5) is 0 Å². The Hall–Kier alpha value is -2.37. The molecule has 0 aliphatic carbocycles. The molecule has 1 heterocycles. The van der Waals surface area contributed by atoms with E-state index in [0.717, 1.165) is 49.0 Å². The van der Waals surface area contributed by atoms with E-state index in [1.807, 2.05) is 37.3 Å². The molecule has 0 bridgehead atoms. The highest BCUT2D eigenvalue weighted by Crippen LogP contribution is 2.18. The Morgan fingerprint density at radius 1 is 1.04 bits per heavy atom. The number of carbonyl (C=O) groups is 1. The predicted octanol–water partition coefficient (Wildman–Crippen LogP) is 3.81. The van der Waals surface area contributed by atoms with Crippen LogP contribution in [0.3, 0.4) is 0 Å². The van der Waals surface area contributed by atoms with Gasteiger partial charge in [-0.3, -0.25) is 14.7 Å². The summed E-state index contributed by atoms with van der Waals surface area (Å²) in [7, 11) is 0. The molecule has 1 aliphatic rings. The molecule has 0 radical (unpaired) electrons. The van der Waals surface area contributed by atoms with Gasteiger partial charge in [0.05, 0.1) is 5.71 Å². The molecule has 27 heavy (non-hydrogen) atoms. The standard InChI is InChI=1S/C21H24ClN3O2/c1-16(18-7-9-20(10-8-18)27-17(2)26)23-25-13-11-24(12-14-25)15-19-5-3-4-6-21(19)22/h3-10H,11-15H2,1-2H3. The molecular formula is C21H24ClN3O2. The molecule has 1 aliphatic heterocycles. The van der Waals surface area contributed by atoms with E-state index in [9.17, 15) is 4.79 Å². The number of halogens is 1. The number of hydrazone groups is 1. The summed E-state index contributed by atoms with van der Waals surface area (Å²) in [5, 5.41) is 7.68. The van der Waals surface area contributed by atoms with Crippen LogP contribution >= 0.6 is 11.6 Å². The van der Waals surface area contributed by atoms with Crippen molar-refractivity contribution in [2.45, 2.75) is 20.4 Å². The molecule has 5 nitrogen and oxygen atoms in total. The van der Waals surface area contributed by atoms with Gasteiger partial charge in [-0.2, -0.15) is 5.10 Å². The summed E-state index contributed by atoms with van der Waals surface area (Å²) in [5.41, 5.74) is 3.13. The number of nitrogens with zero attached hydrogens (tertiary/aromatic N) is 3. The van der Waals surface area contributed by atoms with Crippen molar-refractivity contribution in [1.82, 2.24) is 9.91 Å². The molecule has 6 heteroatoms. The third-order valence-corrected chi connectivity index (χ3v) is 4.89. The second-order valence-corrected chi connectivity index (χ2v) is 7.03. The van der Waals surface area contributed by atoms with Crippen molar-refractivity contribution in [3.8, 4) is 5.75 Å². The molecule has 1 saturated heterocycles. The molecule has 142 valence electrons. The zero-order valence-electron chi connectivity index (χ0n) is 15.7. The smallest absolute Gasteiger partial charge is 0.308 e. The predicted molar refractivity (Wildman–Crippen MR) is 108 cm³/mol. The van der Waals surface area contributed by atoms with Crippen LogP contribution in [0.5, 0.6) is 5.75 Å². The number of carbonyl (C=O) groups excluding carboxylic acids is 1. The summed E-state index contributed by atoms with van der Waals surface area (Å²) < 4.78 is 5.06. The lowest BCUT2D eigenvalue weighted by Crippen LogP contribution is -2.43. The molecule has 0 amide bonds. The van der Waals surface area contributed by atoms with Crippen LogP contribution < -0.4 is 4.74 Å². The van der Waals surface area contributed by atoms with Gasteiger partial charge in [0.2, 0.25) is 0 Å². The van der Waals surface area contributed by atoms with E-state index in [1.54, 1.807) is 12.1 Å². The highest BCUT2D eigenvalue weighted by molar-refractivity contribution is 6.31. The van der Waals surface area contributed by atoms with Crippen molar-refractivity contribution in [1.29, 1.82) is 0 Å². The van der Waals surface area contributed by atoms with E-state index in [-0.39, 0.29) is 5.97 Å². The first-order valence-corrected chi connectivity index (χ1v) is 9.44. The van der Waals surface area contributed by atoms with Gasteiger partial charge in [-0.25, -0.2) is 0 Å². The molecule has 0 aromatic heterocycles. The van der Waals surface area contributed by atoms with E-state index in [4.69, 9.17) is 21.4 Å². The fourth-order valence-corrected chi connectivity index (χ4v) is 3.26. The van der Waals surface area contributed by atoms with Crippen molar-refractivity contribution < 1.29 is 9.53 Å². The highest BCUT2D eigenvalue weighted by Gasteiger charge is 2.17. The molecule has 3 rings (SSSR count). The number of ether oxygens (including phenoxy) is 1. The summed E-state index contributed by atoms with van der Waals surface area (Å²) >= 11 is 6.26. The highest BCUT2D eigenvalue weighted by atomic mass is 35.5. The summed E-state index contributed by atoms with van der Waals surface area (Å²) in [6, 6.07) is 15.4. The van der Waals surface area contributed by atoms with Crippen LogP contribution in [-0.4, -0.2) is 47.8 Å². The van der Waals surface area contributed by atoms with Crippen LogP contribution in [0.1, 0.15) is 25.0 Å². The van der Waals surface area contributed by atoms with Gasteiger partial charge in [-0.1, -0.05) is 29.8 Å². The average Bonchev–Trinajstić information content (AvgIpc) is 2.65.